The zero-order valence-electron chi connectivity index (χ0n) is 11.0. The largest absolute Gasteiger partial charge is 0.396 e. The van der Waals surface area contributed by atoms with Crippen molar-refractivity contribution in [3.8, 4) is 6.07 Å². The summed E-state index contributed by atoms with van der Waals surface area (Å²) in [7, 11) is 0. The molecule has 0 saturated carbocycles. The number of nitro groups is 1. The molecular formula is C13H16N4O3. The molecule has 1 N–H and O–H groups in total. The highest BCUT2D eigenvalue weighted by Gasteiger charge is 2.27. The second kappa shape index (κ2) is 6.30. The van der Waals surface area contributed by atoms with E-state index in [9.17, 15) is 10.1 Å². The third-order valence-electron chi connectivity index (χ3n) is 3.53. The van der Waals surface area contributed by atoms with Crippen LogP contribution in [0, 0.1) is 21.4 Å². The molecule has 0 bridgehead atoms. The predicted octanol–water partition coefficient (Wildman–Crippen LogP) is 1.60. The Morgan fingerprint density at radius 2 is 2.40 bits per heavy atom. The summed E-state index contributed by atoms with van der Waals surface area (Å²) in [5.41, 5.74) is -0.414. The van der Waals surface area contributed by atoms with Crippen molar-refractivity contribution < 1.29 is 10.0 Å². The van der Waals surface area contributed by atoms with E-state index >= 15 is 0 Å². The summed E-state index contributed by atoms with van der Waals surface area (Å²) >= 11 is 0. The fraction of sp³-hybridized carbons (Fsp3) is 0.538. The van der Waals surface area contributed by atoms with Crippen molar-refractivity contribution in [1.29, 1.82) is 5.26 Å². The van der Waals surface area contributed by atoms with Crippen LogP contribution in [-0.4, -0.2) is 34.2 Å². The molecule has 20 heavy (non-hydrogen) atoms. The predicted molar refractivity (Wildman–Crippen MR) is 72.3 cm³/mol. The van der Waals surface area contributed by atoms with E-state index in [4.69, 9.17) is 10.4 Å². The monoisotopic (exact) mass is 276 g/mol. The van der Waals surface area contributed by atoms with E-state index in [1.54, 1.807) is 12.1 Å². The van der Waals surface area contributed by atoms with Crippen LogP contribution in [0.4, 0.5) is 11.5 Å². The first-order valence-electron chi connectivity index (χ1n) is 6.60. The van der Waals surface area contributed by atoms with Gasteiger partial charge in [0.2, 0.25) is 5.69 Å². The molecule has 1 atom stereocenters. The van der Waals surface area contributed by atoms with Gasteiger partial charge in [0.25, 0.3) is 0 Å². The van der Waals surface area contributed by atoms with E-state index in [-0.39, 0.29) is 24.0 Å². The lowest BCUT2D eigenvalue weighted by atomic mass is 10.1. The van der Waals surface area contributed by atoms with Crippen LogP contribution in [0.2, 0.25) is 0 Å². The molecule has 0 aromatic carbocycles. The summed E-state index contributed by atoms with van der Waals surface area (Å²) in [6.45, 7) is 0.979. The number of aliphatic hydroxyl groups excluding tert-OH is 1. The van der Waals surface area contributed by atoms with Gasteiger partial charge >= 0.3 is 5.69 Å². The smallest absolute Gasteiger partial charge is 0.305 e. The van der Waals surface area contributed by atoms with Gasteiger partial charge in [0.1, 0.15) is 11.9 Å². The van der Waals surface area contributed by atoms with Crippen LogP contribution in [0.1, 0.15) is 31.4 Å². The Morgan fingerprint density at radius 3 is 3.05 bits per heavy atom. The van der Waals surface area contributed by atoms with Crippen molar-refractivity contribution in [1.82, 2.24) is 4.98 Å². The molecule has 7 nitrogen and oxygen atoms in total. The molecule has 2 heterocycles. The van der Waals surface area contributed by atoms with E-state index < -0.39 is 4.92 Å². The highest BCUT2D eigenvalue weighted by molar-refractivity contribution is 5.52. The minimum absolute atomic E-state index is 0.152. The lowest BCUT2D eigenvalue weighted by Crippen LogP contribution is -2.30. The van der Waals surface area contributed by atoms with Gasteiger partial charge in [-0.25, -0.2) is 4.98 Å². The van der Waals surface area contributed by atoms with Gasteiger partial charge in [-0.3, -0.25) is 10.1 Å². The SMILES string of the molecule is N#Cc1nc(N2CCCC2CCCO)ccc1[N+](=O)[O-]. The molecule has 1 aliphatic rings. The van der Waals surface area contributed by atoms with Gasteiger partial charge in [0.05, 0.1) is 4.92 Å². The number of pyridine rings is 1. The molecule has 106 valence electrons. The second-order valence-electron chi connectivity index (χ2n) is 4.76. The molecule has 0 radical (unpaired) electrons. The van der Waals surface area contributed by atoms with Gasteiger partial charge in [-0.05, 0) is 31.7 Å². The number of nitriles is 1. The summed E-state index contributed by atoms with van der Waals surface area (Å²) in [5, 5.41) is 28.7. The number of rotatable bonds is 5. The first kappa shape index (κ1) is 14.2. The Balaban J connectivity index is 2.24. The summed E-state index contributed by atoms with van der Waals surface area (Å²) in [6.07, 6.45) is 3.62. The van der Waals surface area contributed by atoms with Crippen molar-refractivity contribution >= 4 is 11.5 Å². The van der Waals surface area contributed by atoms with Crippen molar-refractivity contribution in [2.24, 2.45) is 0 Å². The average molecular weight is 276 g/mol. The van der Waals surface area contributed by atoms with Crippen molar-refractivity contribution in [2.75, 3.05) is 18.1 Å². The highest BCUT2D eigenvalue weighted by atomic mass is 16.6. The molecule has 2 rings (SSSR count). The minimum atomic E-state index is -0.595. The number of aliphatic hydroxyl groups is 1. The Kier molecular flexibility index (Phi) is 4.48. The first-order chi connectivity index (χ1) is 9.67. The standard InChI is InChI=1S/C13H16N4O3/c14-9-11-12(17(19)20)5-6-13(15-11)16-7-1-3-10(16)4-2-8-18/h5-6,10,18H,1-4,7-8H2. The van der Waals surface area contributed by atoms with Crippen LogP contribution in [0.25, 0.3) is 0 Å². The molecule has 7 heteroatoms. The average Bonchev–Trinajstić information content (AvgIpc) is 2.92. The molecule has 1 aromatic rings. The van der Waals surface area contributed by atoms with E-state index in [0.29, 0.717) is 5.82 Å². The Labute approximate surface area is 116 Å². The maximum Gasteiger partial charge on any atom is 0.305 e. The maximum absolute atomic E-state index is 10.8. The fourth-order valence-electron chi connectivity index (χ4n) is 2.60. The van der Waals surface area contributed by atoms with E-state index in [2.05, 4.69) is 9.88 Å². The zero-order chi connectivity index (χ0) is 14.5. The molecule has 0 spiro atoms. The van der Waals surface area contributed by atoms with Gasteiger partial charge in [-0.1, -0.05) is 0 Å². The van der Waals surface area contributed by atoms with Crippen molar-refractivity contribution in [3.63, 3.8) is 0 Å². The first-order valence-corrected chi connectivity index (χ1v) is 6.60. The van der Waals surface area contributed by atoms with Crippen LogP contribution >= 0.6 is 0 Å². The number of anilines is 1. The summed E-state index contributed by atoms with van der Waals surface area (Å²) in [4.78, 5) is 16.4. The maximum atomic E-state index is 10.8. The Morgan fingerprint density at radius 1 is 1.60 bits per heavy atom. The zero-order valence-corrected chi connectivity index (χ0v) is 11.0. The van der Waals surface area contributed by atoms with E-state index in [0.717, 1.165) is 32.2 Å². The van der Waals surface area contributed by atoms with Gasteiger partial charge in [-0.15, -0.1) is 0 Å². The second-order valence-corrected chi connectivity index (χ2v) is 4.76. The van der Waals surface area contributed by atoms with Crippen LogP contribution in [0.5, 0.6) is 0 Å². The summed E-state index contributed by atoms with van der Waals surface area (Å²) in [5.74, 6) is 0.604. The van der Waals surface area contributed by atoms with E-state index in [1.807, 2.05) is 0 Å². The van der Waals surface area contributed by atoms with Gasteiger partial charge in [-0.2, -0.15) is 5.26 Å². The molecule has 1 aromatic heterocycles. The number of nitrogens with zero attached hydrogens (tertiary/aromatic N) is 4. The molecule has 1 fully saturated rings. The van der Waals surface area contributed by atoms with Gasteiger partial charge in [0.15, 0.2) is 0 Å². The molecular weight excluding hydrogens is 260 g/mol. The topological polar surface area (TPSA) is 103 Å². The van der Waals surface area contributed by atoms with Crippen molar-refractivity contribution in [2.45, 2.75) is 31.7 Å². The summed E-state index contributed by atoms with van der Waals surface area (Å²) in [6, 6.07) is 4.99. The lowest BCUT2D eigenvalue weighted by molar-refractivity contribution is -0.385. The van der Waals surface area contributed by atoms with E-state index in [1.165, 1.54) is 6.07 Å². The number of aromatic nitrogens is 1. The third kappa shape index (κ3) is 2.86. The van der Waals surface area contributed by atoms with Crippen LogP contribution in [0.3, 0.4) is 0 Å². The molecule has 0 aliphatic carbocycles. The number of hydrogen-bond donors (Lipinski definition) is 1. The minimum Gasteiger partial charge on any atom is -0.396 e. The molecule has 1 aliphatic heterocycles. The quantitative estimate of drug-likeness (QED) is 0.647. The van der Waals surface area contributed by atoms with Crippen LogP contribution < -0.4 is 4.90 Å². The fourth-order valence-corrected chi connectivity index (χ4v) is 2.60. The summed E-state index contributed by atoms with van der Waals surface area (Å²) < 4.78 is 0. The Hall–Kier alpha value is -2.20. The third-order valence-corrected chi connectivity index (χ3v) is 3.53. The number of hydrogen-bond acceptors (Lipinski definition) is 6. The molecule has 1 unspecified atom stereocenters. The van der Waals surface area contributed by atoms with Crippen LogP contribution in [0.15, 0.2) is 12.1 Å². The van der Waals surface area contributed by atoms with Gasteiger partial charge in [0, 0.05) is 25.3 Å². The normalized spacial score (nSPS) is 18.0. The van der Waals surface area contributed by atoms with Gasteiger partial charge < -0.3 is 10.0 Å². The van der Waals surface area contributed by atoms with Crippen molar-refractivity contribution in [3.05, 3.63) is 27.9 Å². The highest BCUT2D eigenvalue weighted by Crippen LogP contribution is 2.28. The Bertz CT molecular complexity index is 541. The van der Waals surface area contributed by atoms with Crippen LogP contribution in [-0.2, 0) is 0 Å². The molecule has 1 saturated heterocycles. The molecule has 0 amide bonds. The lowest BCUT2D eigenvalue weighted by Gasteiger charge is -2.25.